The van der Waals surface area contributed by atoms with Crippen LogP contribution in [0.2, 0.25) is 0 Å². The predicted octanol–water partition coefficient (Wildman–Crippen LogP) is 5.54. The normalized spacial score (nSPS) is 21.5. The standard InChI is InChI=1S/C19H10F12O3/c20-16(21,22)14(33,17(23,24)25)11-7-3-1-5-9(11)13(32)10-6-2-4-8-12(10)15(34-13,18(26,27)28)19(29,30)31/h1-8,32-33H/t13-/m1/s1. The Morgan fingerprint density at radius 3 is 1.38 bits per heavy atom. The van der Waals surface area contributed by atoms with Gasteiger partial charge in [0.2, 0.25) is 5.79 Å². The molecule has 15 heteroatoms. The Hall–Kier alpha value is -2.52. The summed E-state index contributed by atoms with van der Waals surface area (Å²) in [6.07, 6.45) is -25.9. The first-order valence-corrected chi connectivity index (χ1v) is 8.78. The fraction of sp³-hybridized carbons (Fsp3) is 0.368. The SMILES string of the molecule is OC(c1ccccc1[C@@]1(O)OC(C(F)(F)F)(C(F)(F)F)c2ccccc21)(C(F)(F)F)C(F)(F)F. The van der Waals surface area contributed by atoms with Gasteiger partial charge in [-0.15, -0.1) is 0 Å². The molecule has 1 aliphatic heterocycles. The Labute approximate surface area is 181 Å². The molecule has 0 bridgehead atoms. The molecule has 0 unspecified atom stereocenters. The number of alkyl halides is 12. The first-order chi connectivity index (χ1) is 15.2. The molecule has 0 fully saturated rings. The molecular weight excluding hydrogens is 504 g/mol. The van der Waals surface area contributed by atoms with E-state index in [-0.39, 0.29) is 18.2 Å². The van der Waals surface area contributed by atoms with Gasteiger partial charge < -0.3 is 14.9 Å². The Balaban J connectivity index is 2.45. The molecule has 1 heterocycles. The molecule has 2 N–H and O–H groups in total. The molecule has 3 nitrogen and oxygen atoms in total. The summed E-state index contributed by atoms with van der Waals surface area (Å²) in [5, 5.41) is 20.6. The van der Waals surface area contributed by atoms with Crippen molar-refractivity contribution in [2.75, 3.05) is 0 Å². The van der Waals surface area contributed by atoms with Crippen LogP contribution in [0.25, 0.3) is 0 Å². The molecule has 1 aliphatic rings. The summed E-state index contributed by atoms with van der Waals surface area (Å²) >= 11 is 0. The Bertz CT molecular complexity index is 1060. The topological polar surface area (TPSA) is 49.7 Å². The van der Waals surface area contributed by atoms with E-state index in [0.717, 1.165) is 6.07 Å². The van der Waals surface area contributed by atoms with Gasteiger partial charge in [0, 0.05) is 22.3 Å². The highest BCUT2D eigenvalue weighted by molar-refractivity contribution is 5.51. The fourth-order valence-electron chi connectivity index (χ4n) is 3.76. The predicted molar refractivity (Wildman–Crippen MR) is 86.8 cm³/mol. The van der Waals surface area contributed by atoms with Crippen molar-refractivity contribution in [3.63, 3.8) is 0 Å². The van der Waals surface area contributed by atoms with E-state index in [9.17, 15) is 62.9 Å². The maximum atomic E-state index is 13.8. The van der Waals surface area contributed by atoms with E-state index in [1.807, 2.05) is 0 Å². The summed E-state index contributed by atoms with van der Waals surface area (Å²) in [6.45, 7) is 0. The van der Waals surface area contributed by atoms with Crippen molar-refractivity contribution >= 4 is 0 Å². The van der Waals surface area contributed by atoms with Crippen molar-refractivity contribution in [1.29, 1.82) is 0 Å². The van der Waals surface area contributed by atoms with Crippen LogP contribution < -0.4 is 0 Å². The molecular formula is C19H10F12O3. The minimum Gasteiger partial charge on any atom is -0.369 e. The zero-order valence-corrected chi connectivity index (χ0v) is 16.0. The van der Waals surface area contributed by atoms with Crippen LogP contribution in [0, 0.1) is 0 Å². The summed E-state index contributed by atoms with van der Waals surface area (Å²) in [6, 6.07) is 3.29. The average Bonchev–Trinajstić information content (AvgIpc) is 2.97. The highest BCUT2D eigenvalue weighted by Crippen LogP contribution is 2.63. The lowest BCUT2D eigenvalue weighted by Gasteiger charge is -2.39. The maximum absolute atomic E-state index is 13.8. The zero-order chi connectivity index (χ0) is 26.2. The number of hydrogen-bond acceptors (Lipinski definition) is 3. The zero-order valence-electron chi connectivity index (χ0n) is 16.0. The van der Waals surface area contributed by atoms with Gasteiger partial charge in [0.15, 0.2) is 0 Å². The molecule has 0 aliphatic carbocycles. The van der Waals surface area contributed by atoms with Crippen LogP contribution in [-0.4, -0.2) is 34.9 Å². The van der Waals surface area contributed by atoms with Crippen molar-refractivity contribution in [2.24, 2.45) is 0 Å². The summed E-state index contributed by atoms with van der Waals surface area (Å²) in [7, 11) is 0. The lowest BCUT2D eigenvalue weighted by atomic mass is 9.82. The van der Waals surface area contributed by atoms with Crippen LogP contribution in [0.4, 0.5) is 52.7 Å². The molecule has 2 aromatic rings. The van der Waals surface area contributed by atoms with Crippen LogP contribution in [0.3, 0.4) is 0 Å². The second kappa shape index (κ2) is 7.24. The number of ether oxygens (including phenoxy) is 1. The monoisotopic (exact) mass is 514 g/mol. The third-order valence-corrected chi connectivity index (χ3v) is 5.27. The van der Waals surface area contributed by atoms with Gasteiger partial charge in [-0.05, 0) is 0 Å². The molecule has 1 atom stereocenters. The molecule has 2 aromatic carbocycles. The molecule has 0 radical (unpaired) electrons. The van der Waals surface area contributed by atoms with Crippen LogP contribution in [-0.2, 0) is 21.7 Å². The molecule has 3 rings (SSSR count). The quantitative estimate of drug-likeness (QED) is 0.518. The number of hydrogen-bond donors (Lipinski definition) is 2. The second-order valence-electron chi connectivity index (χ2n) is 7.22. The van der Waals surface area contributed by atoms with Crippen molar-refractivity contribution < 1.29 is 67.6 Å². The van der Waals surface area contributed by atoms with Gasteiger partial charge in [0.1, 0.15) is 0 Å². The Kier molecular flexibility index (Phi) is 5.56. The van der Waals surface area contributed by atoms with E-state index in [1.165, 1.54) is 0 Å². The van der Waals surface area contributed by atoms with E-state index in [1.54, 1.807) is 0 Å². The first kappa shape index (κ1) is 26.1. The van der Waals surface area contributed by atoms with Crippen LogP contribution in [0.5, 0.6) is 0 Å². The molecule has 0 amide bonds. The minimum absolute atomic E-state index is 0.0541. The summed E-state index contributed by atoms with van der Waals surface area (Å²) in [5.74, 6) is -4.15. The molecule has 0 saturated carbocycles. The van der Waals surface area contributed by atoms with E-state index < -0.39 is 63.9 Å². The number of aliphatic hydroxyl groups is 2. The van der Waals surface area contributed by atoms with Crippen molar-refractivity contribution in [3.05, 3.63) is 70.8 Å². The van der Waals surface area contributed by atoms with Crippen LogP contribution in [0.15, 0.2) is 48.5 Å². The Morgan fingerprint density at radius 1 is 0.588 bits per heavy atom. The summed E-state index contributed by atoms with van der Waals surface area (Å²) in [5.41, 5.74) is -18.5. The highest BCUT2D eigenvalue weighted by Gasteiger charge is 2.80. The van der Waals surface area contributed by atoms with E-state index in [2.05, 4.69) is 4.74 Å². The largest absolute Gasteiger partial charge is 0.431 e. The van der Waals surface area contributed by atoms with Crippen molar-refractivity contribution in [3.8, 4) is 0 Å². The van der Waals surface area contributed by atoms with Gasteiger partial charge in [0.25, 0.3) is 11.2 Å². The van der Waals surface area contributed by atoms with Gasteiger partial charge in [-0.2, -0.15) is 52.7 Å². The summed E-state index contributed by atoms with van der Waals surface area (Å²) in [4.78, 5) is 0. The van der Waals surface area contributed by atoms with E-state index >= 15 is 0 Å². The van der Waals surface area contributed by atoms with E-state index in [4.69, 9.17) is 0 Å². The molecule has 34 heavy (non-hydrogen) atoms. The van der Waals surface area contributed by atoms with Gasteiger partial charge in [-0.25, -0.2) is 0 Å². The van der Waals surface area contributed by atoms with Crippen molar-refractivity contribution in [1.82, 2.24) is 0 Å². The van der Waals surface area contributed by atoms with Crippen LogP contribution in [0.1, 0.15) is 22.3 Å². The number of benzene rings is 2. The van der Waals surface area contributed by atoms with Crippen LogP contribution >= 0.6 is 0 Å². The Morgan fingerprint density at radius 2 is 0.971 bits per heavy atom. The lowest BCUT2D eigenvalue weighted by molar-refractivity contribution is -0.421. The molecule has 188 valence electrons. The van der Waals surface area contributed by atoms with Gasteiger partial charge >= 0.3 is 24.7 Å². The number of halogens is 12. The molecule has 0 spiro atoms. The highest BCUT2D eigenvalue weighted by atomic mass is 19.4. The van der Waals surface area contributed by atoms with Gasteiger partial charge in [-0.1, -0.05) is 48.5 Å². The second-order valence-corrected chi connectivity index (χ2v) is 7.22. The summed E-state index contributed by atoms with van der Waals surface area (Å²) < 4.78 is 168. The maximum Gasteiger partial charge on any atom is 0.431 e. The smallest absolute Gasteiger partial charge is 0.369 e. The average molecular weight is 514 g/mol. The number of rotatable bonds is 2. The minimum atomic E-state index is -6.57. The number of fused-ring (bicyclic) bond motifs is 1. The third-order valence-electron chi connectivity index (χ3n) is 5.27. The van der Waals surface area contributed by atoms with Gasteiger partial charge in [-0.3, -0.25) is 0 Å². The molecule has 0 aromatic heterocycles. The fourth-order valence-corrected chi connectivity index (χ4v) is 3.76. The van der Waals surface area contributed by atoms with E-state index in [0.29, 0.717) is 24.3 Å². The third kappa shape index (κ3) is 3.27. The lowest BCUT2D eigenvalue weighted by Crippen LogP contribution is -2.57. The first-order valence-electron chi connectivity index (χ1n) is 8.78. The molecule has 0 saturated heterocycles. The van der Waals surface area contributed by atoms with Gasteiger partial charge in [0.05, 0.1) is 0 Å². The van der Waals surface area contributed by atoms with Crippen molar-refractivity contribution in [2.45, 2.75) is 41.7 Å².